The van der Waals surface area contributed by atoms with Crippen molar-refractivity contribution in [3.63, 3.8) is 0 Å². The lowest BCUT2D eigenvalue weighted by molar-refractivity contribution is -0.146. The van der Waals surface area contributed by atoms with E-state index in [0.717, 1.165) is 34.4 Å². The minimum Gasteiger partial charge on any atom is -0.496 e. The number of benzene rings is 1. The number of methoxy groups -OCH3 is 1. The molecule has 1 aliphatic rings. The lowest BCUT2D eigenvalue weighted by atomic mass is 9.93. The molecule has 0 radical (unpaired) electrons. The fourth-order valence-electron chi connectivity index (χ4n) is 4.88. The maximum absolute atomic E-state index is 13.2. The Morgan fingerprint density at radius 1 is 1.00 bits per heavy atom. The van der Waals surface area contributed by atoms with E-state index in [0.29, 0.717) is 49.5 Å². The van der Waals surface area contributed by atoms with Crippen LogP contribution in [0.5, 0.6) is 11.5 Å². The van der Waals surface area contributed by atoms with Gasteiger partial charge in [0.25, 0.3) is 0 Å². The normalized spacial score (nSPS) is 14.8. The van der Waals surface area contributed by atoms with Gasteiger partial charge in [-0.3, -0.25) is 9.36 Å². The smallest absolute Gasteiger partial charge is 0.342 e. The first-order valence-electron chi connectivity index (χ1n) is 15.7. The van der Waals surface area contributed by atoms with Gasteiger partial charge in [-0.1, -0.05) is 63.1 Å². The first-order valence-corrected chi connectivity index (χ1v) is 24.8. The van der Waals surface area contributed by atoms with Crippen molar-refractivity contribution in [2.24, 2.45) is 5.92 Å². The van der Waals surface area contributed by atoms with Crippen LogP contribution in [0.25, 0.3) is 0 Å². The summed E-state index contributed by atoms with van der Waals surface area (Å²) in [6.45, 7) is 18.6. The summed E-state index contributed by atoms with van der Waals surface area (Å²) in [5, 5.41) is 0. The van der Waals surface area contributed by atoms with Crippen molar-refractivity contribution in [2.45, 2.75) is 91.1 Å². The molecule has 9 nitrogen and oxygen atoms in total. The highest BCUT2D eigenvalue weighted by Gasteiger charge is 2.33. The number of cyclic esters (lactones) is 1. The molecule has 1 aliphatic heterocycles. The molecule has 0 amide bonds. The Morgan fingerprint density at radius 2 is 1.62 bits per heavy atom. The summed E-state index contributed by atoms with van der Waals surface area (Å²) in [5.74, 6) is 0.0297. The van der Waals surface area contributed by atoms with Crippen molar-refractivity contribution < 1.29 is 42.1 Å². The number of rotatable bonds is 19. The Morgan fingerprint density at radius 3 is 2.20 bits per heavy atom. The fourth-order valence-corrected chi connectivity index (χ4v) is 7.29. The van der Waals surface area contributed by atoms with Crippen LogP contribution in [0.15, 0.2) is 23.8 Å². The monoisotopic (exact) mass is 682 g/mol. The summed E-state index contributed by atoms with van der Waals surface area (Å²) < 4.78 is 45.9. The Labute approximate surface area is 272 Å². The molecule has 0 spiro atoms. The van der Waals surface area contributed by atoms with Crippen molar-refractivity contribution in [2.75, 3.05) is 40.7 Å². The van der Waals surface area contributed by atoms with Crippen molar-refractivity contribution in [3.8, 4) is 11.5 Å². The minimum absolute atomic E-state index is 0.202. The molecule has 0 aliphatic carbocycles. The van der Waals surface area contributed by atoms with Gasteiger partial charge in [-0.05, 0) is 50.8 Å². The lowest BCUT2D eigenvalue weighted by Gasteiger charge is -2.22. The molecular weight excluding hydrogens is 628 g/mol. The zero-order valence-corrected chi connectivity index (χ0v) is 32.2. The molecule has 254 valence electrons. The Balaban J connectivity index is 2.36. The van der Waals surface area contributed by atoms with E-state index in [1.54, 1.807) is 7.11 Å². The largest absolute Gasteiger partial charge is 0.496 e. The molecule has 0 bridgehead atoms. The molecule has 0 N–H and O–H groups in total. The molecule has 1 aromatic carbocycles. The van der Waals surface area contributed by atoms with Gasteiger partial charge in [0.15, 0.2) is 0 Å². The molecule has 0 saturated heterocycles. The lowest BCUT2D eigenvalue weighted by Crippen LogP contribution is -2.24. The van der Waals surface area contributed by atoms with Crippen LogP contribution in [0.1, 0.15) is 46.8 Å². The average molecular weight is 683 g/mol. The van der Waals surface area contributed by atoms with E-state index in [4.69, 9.17) is 28.0 Å². The standard InChI is InChI=1S/C33H55O9PSi2/c1-24(22-26(32(34)41-18-21-45(9,10)11)14-12-13-19-43(36,38-4)39-5)15-16-27-30(37-3)25(2)28-23-42-33(35)29(28)31(27)40-17-20-44(6,7)8/h12,14-15,26H,13,16-23H2,1-11H3/b14-12+,24-15?. The number of carbonyl (C=O) groups is 2. The topological polar surface area (TPSA) is 107 Å². The van der Waals surface area contributed by atoms with E-state index in [9.17, 15) is 14.2 Å². The van der Waals surface area contributed by atoms with Crippen molar-refractivity contribution in [1.82, 2.24) is 0 Å². The van der Waals surface area contributed by atoms with Crippen LogP contribution < -0.4 is 9.47 Å². The molecule has 1 heterocycles. The summed E-state index contributed by atoms with van der Waals surface area (Å²) in [7, 11) is -1.54. The second kappa shape index (κ2) is 17.1. The number of allylic oxidation sites excluding steroid dienone is 3. The van der Waals surface area contributed by atoms with Gasteiger partial charge in [-0.15, -0.1) is 0 Å². The number of ether oxygens (including phenoxy) is 4. The summed E-state index contributed by atoms with van der Waals surface area (Å²) in [5.41, 5.74) is 3.93. The van der Waals surface area contributed by atoms with Gasteiger partial charge in [0.2, 0.25) is 0 Å². The number of hydrogen-bond donors (Lipinski definition) is 0. The Hall–Kier alpha value is -2.18. The molecule has 1 unspecified atom stereocenters. The van der Waals surface area contributed by atoms with E-state index in [2.05, 4.69) is 45.4 Å². The summed E-state index contributed by atoms with van der Waals surface area (Å²) >= 11 is 0. The molecule has 0 aromatic heterocycles. The van der Waals surface area contributed by atoms with E-state index in [1.165, 1.54) is 14.2 Å². The van der Waals surface area contributed by atoms with Gasteiger partial charge in [-0.25, -0.2) is 4.79 Å². The van der Waals surface area contributed by atoms with E-state index in [-0.39, 0.29) is 24.7 Å². The average Bonchev–Trinajstić information content (AvgIpc) is 3.34. The third-order valence-corrected chi connectivity index (χ3v) is 13.1. The molecule has 12 heteroatoms. The number of hydrogen-bond acceptors (Lipinski definition) is 9. The highest BCUT2D eigenvalue weighted by Crippen LogP contribution is 2.47. The molecule has 1 aromatic rings. The second-order valence-electron chi connectivity index (χ2n) is 14.0. The van der Waals surface area contributed by atoms with Gasteiger partial charge in [0, 0.05) is 41.5 Å². The van der Waals surface area contributed by atoms with Crippen molar-refractivity contribution in [1.29, 1.82) is 0 Å². The molecular formula is C33H55O9PSi2. The summed E-state index contributed by atoms with van der Waals surface area (Å²) in [6.07, 6.45) is 7.24. The first kappa shape index (κ1) is 39.0. The van der Waals surface area contributed by atoms with Gasteiger partial charge in [0.05, 0.1) is 32.4 Å². The maximum Gasteiger partial charge on any atom is 0.342 e. The number of fused-ring (bicyclic) bond motifs is 1. The highest BCUT2D eigenvalue weighted by atomic mass is 31.2. The third kappa shape index (κ3) is 12.2. The third-order valence-electron chi connectivity index (χ3n) is 7.81. The van der Waals surface area contributed by atoms with Gasteiger partial charge >= 0.3 is 19.5 Å². The Kier molecular flexibility index (Phi) is 14.8. The van der Waals surface area contributed by atoms with Crippen molar-refractivity contribution >= 4 is 35.7 Å². The van der Waals surface area contributed by atoms with Gasteiger partial charge in [0.1, 0.15) is 23.7 Å². The van der Waals surface area contributed by atoms with Crippen LogP contribution in [0.4, 0.5) is 0 Å². The predicted octanol–water partition coefficient (Wildman–Crippen LogP) is 8.20. The molecule has 1 atom stereocenters. The molecule has 45 heavy (non-hydrogen) atoms. The number of carbonyl (C=O) groups excluding carboxylic acids is 2. The fraction of sp³-hybridized carbons (Fsp3) is 0.636. The van der Waals surface area contributed by atoms with Crippen LogP contribution >= 0.6 is 7.60 Å². The van der Waals surface area contributed by atoms with Crippen LogP contribution in [0.2, 0.25) is 51.4 Å². The predicted molar refractivity (Wildman–Crippen MR) is 185 cm³/mol. The van der Waals surface area contributed by atoms with Crippen LogP contribution in [-0.2, 0) is 40.9 Å². The Bertz CT molecular complexity index is 1280. The van der Waals surface area contributed by atoms with E-state index >= 15 is 0 Å². The van der Waals surface area contributed by atoms with E-state index < -0.39 is 29.7 Å². The maximum atomic E-state index is 13.2. The minimum atomic E-state index is -3.15. The van der Waals surface area contributed by atoms with Crippen LogP contribution in [-0.4, -0.2) is 68.8 Å². The molecule has 2 rings (SSSR count). The quantitative estimate of drug-likeness (QED) is 0.0618. The zero-order valence-electron chi connectivity index (χ0n) is 29.3. The highest BCUT2D eigenvalue weighted by molar-refractivity contribution is 7.53. The van der Waals surface area contributed by atoms with Gasteiger partial charge in [-0.2, -0.15) is 0 Å². The second-order valence-corrected chi connectivity index (χ2v) is 27.7. The zero-order chi connectivity index (χ0) is 34.0. The summed E-state index contributed by atoms with van der Waals surface area (Å²) in [4.78, 5) is 26.1. The first-order chi connectivity index (χ1) is 20.9. The molecule has 0 saturated carbocycles. The van der Waals surface area contributed by atoms with Gasteiger partial charge < -0.3 is 28.0 Å². The van der Waals surface area contributed by atoms with E-state index in [1.807, 2.05) is 26.0 Å². The summed E-state index contributed by atoms with van der Waals surface area (Å²) in [6, 6.07) is 1.83. The van der Waals surface area contributed by atoms with Crippen LogP contribution in [0, 0.1) is 12.8 Å². The van der Waals surface area contributed by atoms with Crippen molar-refractivity contribution in [3.05, 3.63) is 46.1 Å². The SMILES string of the molecule is COc1c(C)c2c(c(OCC[Si](C)(C)C)c1CC=C(C)CC(/C=C/CCP(=O)(OC)OC)C(=O)OCC[Si](C)(C)C)C(=O)OC2. The molecule has 0 fully saturated rings. The van der Waals surface area contributed by atoms with Crippen LogP contribution in [0.3, 0.4) is 0 Å². The number of esters is 2.